The van der Waals surface area contributed by atoms with E-state index in [-0.39, 0.29) is 11.3 Å². The predicted octanol–water partition coefficient (Wildman–Crippen LogP) is 3.65. The Labute approximate surface area is 112 Å². The van der Waals surface area contributed by atoms with Gasteiger partial charge in [-0.25, -0.2) is 0 Å². The molecule has 0 saturated carbocycles. The van der Waals surface area contributed by atoms with Crippen LogP contribution in [0, 0.1) is 22.7 Å². The van der Waals surface area contributed by atoms with E-state index in [2.05, 4.69) is 32.2 Å². The average molecular weight is 252 g/mol. The van der Waals surface area contributed by atoms with E-state index < -0.39 is 5.92 Å². The second kappa shape index (κ2) is 8.97. The van der Waals surface area contributed by atoms with Crippen molar-refractivity contribution in [1.29, 1.82) is 5.26 Å². The third kappa shape index (κ3) is 7.32. The van der Waals surface area contributed by atoms with Crippen molar-refractivity contribution in [3.8, 4) is 6.07 Å². The highest BCUT2D eigenvalue weighted by Gasteiger charge is 2.21. The van der Waals surface area contributed by atoms with E-state index in [1.54, 1.807) is 0 Å². The molecule has 18 heavy (non-hydrogen) atoms. The van der Waals surface area contributed by atoms with Gasteiger partial charge >= 0.3 is 0 Å². The molecular weight excluding hydrogens is 224 g/mol. The van der Waals surface area contributed by atoms with Gasteiger partial charge in [-0.05, 0) is 18.3 Å². The molecule has 0 spiro atoms. The fraction of sp³-hybridized carbons (Fsp3) is 0.867. The highest BCUT2D eigenvalue weighted by atomic mass is 16.1. The fourth-order valence-corrected chi connectivity index (χ4v) is 1.93. The number of nitrogens with zero attached hydrogens (tertiary/aromatic N) is 1. The van der Waals surface area contributed by atoms with Gasteiger partial charge in [0.15, 0.2) is 0 Å². The van der Waals surface area contributed by atoms with Crippen LogP contribution in [0.1, 0.15) is 66.2 Å². The molecule has 104 valence electrons. The molecule has 1 atom stereocenters. The lowest BCUT2D eigenvalue weighted by molar-refractivity contribution is -0.124. The maximum Gasteiger partial charge on any atom is 0.237 e. The first-order chi connectivity index (χ1) is 8.46. The summed E-state index contributed by atoms with van der Waals surface area (Å²) < 4.78 is 0. The second-order valence-electron chi connectivity index (χ2n) is 5.81. The summed E-state index contributed by atoms with van der Waals surface area (Å²) in [6.45, 7) is 9.19. The summed E-state index contributed by atoms with van der Waals surface area (Å²) in [5, 5.41) is 11.8. The number of nitrogens with one attached hydrogen (secondary N) is 1. The zero-order valence-corrected chi connectivity index (χ0v) is 12.4. The van der Waals surface area contributed by atoms with E-state index in [1.165, 1.54) is 19.3 Å². The molecule has 0 aromatic rings. The molecular formula is C15H28N2O. The van der Waals surface area contributed by atoms with Crippen LogP contribution in [-0.4, -0.2) is 12.5 Å². The highest BCUT2D eigenvalue weighted by Crippen LogP contribution is 2.22. The van der Waals surface area contributed by atoms with E-state index >= 15 is 0 Å². The van der Waals surface area contributed by atoms with Gasteiger partial charge < -0.3 is 5.32 Å². The minimum Gasteiger partial charge on any atom is -0.354 e. The summed E-state index contributed by atoms with van der Waals surface area (Å²) in [6.07, 6.45) is 6.30. The zero-order chi connectivity index (χ0) is 14.0. The number of hydrogen-bond donors (Lipinski definition) is 1. The first kappa shape index (κ1) is 17.0. The van der Waals surface area contributed by atoms with Gasteiger partial charge in [0.05, 0.1) is 6.07 Å². The maximum absolute atomic E-state index is 11.8. The molecule has 3 nitrogen and oxygen atoms in total. The van der Waals surface area contributed by atoms with Gasteiger partial charge in [0.1, 0.15) is 5.92 Å². The van der Waals surface area contributed by atoms with Crippen LogP contribution in [0.5, 0.6) is 0 Å². The van der Waals surface area contributed by atoms with E-state index in [4.69, 9.17) is 5.26 Å². The standard InChI is InChI=1S/C15H28N2O/c1-5-7-8-10-15(3,4)12-17-14(18)13(11-16)9-6-2/h13H,5-10,12H2,1-4H3,(H,17,18). The molecule has 0 aliphatic heterocycles. The molecule has 0 bridgehead atoms. The van der Waals surface area contributed by atoms with Gasteiger partial charge in [-0.1, -0.05) is 53.4 Å². The van der Waals surface area contributed by atoms with Crippen LogP contribution in [0.2, 0.25) is 0 Å². The van der Waals surface area contributed by atoms with Crippen molar-refractivity contribution >= 4 is 5.91 Å². The Hall–Kier alpha value is -1.04. The van der Waals surface area contributed by atoms with Crippen molar-refractivity contribution < 1.29 is 4.79 Å². The molecule has 1 amide bonds. The summed E-state index contributed by atoms with van der Waals surface area (Å²) in [4.78, 5) is 11.8. The minimum absolute atomic E-state index is 0.108. The molecule has 0 aromatic heterocycles. The van der Waals surface area contributed by atoms with Crippen LogP contribution < -0.4 is 5.32 Å². The van der Waals surface area contributed by atoms with Crippen LogP contribution in [0.4, 0.5) is 0 Å². The minimum atomic E-state index is -0.485. The smallest absolute Gasteiger partial charge is 0.237 e. The van der Waals surface area contributed by atoms with Crippen molar-refractivity contribution in [2.75, 3.05) is 6.54 Å². The molecule has 0 radical (unpaired) electrons. The molecule has 0 heterocycles. The number of amides is 1. The summed E-state index contributed by atoms with van der Waals surface area (Å²) in [6, 6.07) is 2.08. The van der Waals surface area contributed by atoms with E-state index in [9.17, 15) is 4.79 Å². The van der Waals surface area contributed by atoms with Gasteiger partial charge in [-0.2, -0.15) is 5.26 Å². The number of nitriles is 1. The first-order valence-electron chi connectivity index (χ1n) is 7.14. The Kier molecular flexibility index (Phi) is 8.45. The molecule has 0 rings (SSSR count). The zero-order valence-electron chi connectivity index (χ0n) is 12.4. The Bertz CT molecular complexity index is 279. The number of carbonyl (C=O) groups is 1. The third-order valence-electron chi connectivity index (χ3n) is 3.25. The molecule has 1 unspecified atom stereocenters. The lowest BCUT2D eigenvalue weighted by atomic mass is 9.86. The Balaban J connectivity index is 4.06. The molecule has 0 aromatic carbocycles. The average Bonchev–Trinajstić information content (AvgIpc) is 2.33. The van der Waals surface area contributed by atoms with Gasteiger partial charge in [0.25, 0.3) is 0 Å². The van der Waals surface area contributed by atoms with E-state index in [0.29, 0.717) is 13.0 Å². The number of carbonyl (C=O) groups excluding carboxylic acids is 1. The van der Waals surface area contributed by atoms with Crippen molar-refractivity contribution in [1.82, 2.24) is 5.32 Å². The monoisotopic (exact) mass is 252 g/mol. The van der Waals surface area contributed by atoms with Crippen molar-refractivity contribution in [3.63, 3.8) is 0 Å². The van der Waals surface area contributed by atoms with E-state index in [1.807, 2.05) is 6.92 Å². The van der Waals surface area contributed by atoms with Crippen molar-refractivity contribution in [2.45, 2.75) is 66.2 Å². The molecule has 0 aliphatic carbocycles. The van der Waals surface area contributed by atoms with Crippen molar-refractivity contribution in [3.05, 3.63) is 0 Å². The second-order valence-corrected chi connectivity index (χ2v) is 5.81. The summed E-state index contributed by atoms with van der Waals surface area (Å²) >= 11 is 0. The fourth-order valence-electron chi connectivity index (χ4n) is 1.93. The lowest BCUT2D eigenvalue weighted by Crippen LogP contribution is -2.37. The maximum atomic E-state index is 11.8. The number of unbranched alkanes of at least 4 members (excludes halogenated alkanes) is 2. The van der Waals surface area contributed by atoms with Crippen molar-refractivity contribution in [2.24, 2.45) is 11.3 Å². The Morgan fingerprint density at radius 3 is 2.44 bits per heavy atom. The summed E-state index contributed by atoms with van der Waals surface area (Å²) in [7, 11) is 0. The van der Waals surface area contributed by atoms with Crippen LogP contribution in [-0.2, 0) is 4.79 Å². The van der Waals surface area contributed by atoms with Gasteiger partial charge in [0.2, 0.25) is 5.91 Å². The van der Waals surface area contributed by atoms with Crippen LogP contribution >= 0.6 is 0 Å². The quantitative estimate of drug-likeness (QED) is 0.637. The normalized spacial score (nSPS) is 12.8. The predicted molar refractivity (Wildman–Crippen MR) is 74.9 cm³/mol. The Morgan fingerprint density at radius 1 is 1.28 bits per heavy atom. The molecule has 3 heteroatoms. The van der Waals surface area contributed by atoms with Crippen LogP contribution in [0.25, 0.3) is 0 Å². The Morgan fingerprint density at radius 2 is 1.94 bits per heavy atom. The largest absolute Gasteiger partial charge is 0.354 e. The topological polar surface area (TPSA) is 52.9 Å². The van der Waals surface area contributed by atoms with Gasteiger partial charge in [-0.3, -0.25) is 4.79 Å². The summed E-state index contributed by atoms with van der Waals surface area (Å²) in [5.41, 5.74) is 0.122. The number of hydrogen-bond acceptors (Lipinski definition) is 2. The molecule has 0 aliphatic rings. The van der Waals surface area contributed by atoms with Crippen LogP contribution in [0.3, 0.4) is 0 Å². The molecule has 0 fully saturated rings. The highest BCUT2D eigenvalue weighted by molar-refractivity contribution is 5.80. The van der Waals surface area contributed by atoms with Gasteiger partial charge in [0, 0.05) is 6.54 Å². The first-order valence-corrected chi connectivity index (χ1v) is 7.14. The molecule has 1 N–H and O–H groups in total. The number of rotatable bonds is 9. The van der Waals surface area contributed by atoms with Gasteiger partial charge in [-0.15, -0.1) is 0 Å². The summed E-state index contributed by atoms with van der Waals surface area (Å²) in [5.74, 6) is -0.593. The van der Waals surface area contributed by atoms with Crippen LogP contribution in [0.15, 0.2) is 0 Å². The van der Waals surface area contributed by atoms with E-state index in [0.717, 1.165) is 12.8 Å². The lowest BCUT2D eigenvalue weighted by Gasteiger charge is -2.25. The third-order valence-corrected chi connectivity index (χ3v) is 3.25. The SMILES string of the molecule is CCCCCC(C)(C)CNC(=O)C(C#N)CCC. The molecule has 0 saturated heterocycles.